The number of aromatic nitrogens is 1. The van der Waals surface area contributed by atoms with Crippen LogP contribution in [-0.4, -0.2) is 46.4 Å². The van der Waals surface area contributed by atoms with E-state index < -0.39 is 6.04 Å². The normalized spacial score (nSPS) is 21.1. The maximum Gasteiger partial charge on any atom is 0.245 e. The van der Waals surface area contributed by atoms with Crippen LogP contribution in [0.5, 0.6) is 0 Å². The third-order valence-corrected chi connectivity index (χ3v) is 4.89. The van der Waals surface area contributed by atoms with Gasteiger partial charge in [0, 0.05) is 25.5 Å². The fraction of sp³-hybridized carbons (Fsp3) is 0.421. The van der Waals surface area contributed by atoms with Gasteiger partial charge in [-0.05, 0) is 18.4 Å². The lowest BCUT2D eigenvalue weighted by Gasteiger charge is -2.38. The zero-order valence-electron chi connectivity index (χ0n) is 14.2. The molecular weight excluding hydrogens is 318 g/mol. The van der Waals surface area contributed by atoms with Crippen LogP contribution in [0.2, 0.25) is 0 Å². The van der Waals surface area contributed by atoms with E-state index in [0.717, 1.165) is 24.2 Å². The number of benzene rings is 1. The summed E-state index contributed by atoms with van der Waals surface area (Å²) in [4.78, 5) is 28.4. The van der Waals surface area contributed by atoms with Crippen LogP contribution in [0.15, 0.2) is 40.9 Å². The molecule has 0 spiro atoms. The average Bonchev–Trinajstić information content (AvgIpc) is 3.36. The van der Waals surface area contributed by atoms with Crippen LogP contribution in [-0.2, 0) is 22.6 Å². The van der Waals surface area contributed by atoms with Crippen molar-refractivity contribution in [2.24, 2.45) is 0 Å². The number of piperazine rings is 1. The molecule has 1 aliphatic carbocycles. The predicted molar refractivity (Wildman–Crippen MR) is 90.6 cm³/mol. The van der Waals surface area contributed by atoms with E-state index in [1.807, 2.05) is 36.4 Å². The van der Waals surface area contributed by atoms with E-state index in [-0.39, 0.29) is 18.4 Å². The van der Waals surface area contributed by atoms with Gasteiger partial charge < -0.3 is 14.3 Å². The second-order valence-corrected chi connectivity index (χ2v) is 6.92. The maximum atomic E-state index is 12.7. The van der Waals surface area contributed by atoms with Crippen molar-refractivity contribution in [3.8, 4) is 0 Å². The maximum absolute atomic E-state index is 12.7. The molecule has 2 aromatic rings. The van der Waals surface area contributed by atoms with Crippen molar-refractivity contribution < 1.29 is 14.1 Å². The fourth-order valence-electron chi connectivity index (χ4n) is 3.30. The molecule has 1 atom stereocenters. The molecule has 2 fully saturated rings. The molecular formula is C19H21N3O3. The van der Waals surface area contributed by atoms with Gasteiger partial charge in [0.05, 0.1) is 13.1 Å². The van der Waals surface area contributed by atoms with E-state index in [4.69, 9.17) is 4.52 Å². The van der Waals surface area contributed by atoms with E-state index in [1.54, 1.807) is 11.9 Å². The molecule has 6 heteroatoms. The van der Waals surface area contributed by atoms with Gasteiger partial charge in [-0.3, -0.25) is 9.59 Å². The van der Waals surface area contributed by atoms with Crippen LogP contribution in [0.3, 0.4) is 0 Å². The quantitative estimate of drug-likeness (QED) is 0.835. The van der Waals surface area contributed by atoms with Crippen molar-refractivity contribution in [1.82, 2.24) is 15.0 Å². The van der Waals surface area contributed by atoms with Crippen LogP contribution in [0.1, 0.15) is 35.8 Å². The van der Waals surface area contributed by atoms with Crippen molar-refractivity contribution in [2.75, 3.05) is 13.6 Å². The summed E-state index contributed by atoms with van der Waals surface area (Å²) in [7, 11) is 1.68. The molecule has 0 radical (unpaired) electrons. The Labute approximate surface area is 146 Å². The van der Waals surface area contributed by atoms with Crippen molar-refractivity contribution in [3.05, 3.63) is 53.4 Å². The Hall–Kier alpha value is -2.63. The Morgan fingerprint density at radius 2 is 1.96 bits per heavy atom. The smallest absolute Gasteiger partial charge is 0.245 e. The molecule has 2 heterocycles. The largest absolute Gasteiger partial charge is 0.361 e. The van der Waals surface area contributed by atoms with Gasteiger partial charge in [0.15, 0.2) is 0 Å². The molecule has 1 aromatic heterocycles. The number of carbonyl (C=O) groups excluding carboxylic acids is 2. The summed E-state index contributed by atoms with van der Waals surface area (Å²) in [6.07, 6.45) is 2.78. The Morgan fingerprint density at radius 3 is 2.68 bits per heavy atom. The van der Waals surface area contributed by atoms with Gasteiger partial charge in [-0.2, -0.15) is 0 Å². The molecule has 1 aliphatic heterocycles. The fourth-order valence-corrected chi connectivity index (χ4v) is 3.30. The first kappa shape index (κ1) is 15.9. The Morgan fingerprint density at radius 1 is 1.20 bits per heavy atom. The summed E-state index contributed by atoms with van der Waals surface area (Å²) in [5.74, 6) is 1.28. The van der Waals surface area contributed by atoms with E-state index in [1.165, 1.54) is 4.90 Å². The molecule has 0 N–H and O–H groups in total. The summed E-state index contributed by atoms with van der Waals surface area (Å²) in [5.41, 5.74) is 1.75. The zero-order chi connectivity index (χ0) is 17.4. The zero-order valence-corrected chi connectivity index (χ0v) is 14.2. The van der Waals surface area contributed by atoms with Gasteiger partial charge in [0.2, 0.25) is 11.8 Å². The average molecular weight is 339 g/mol. The molecule has 130 valence electrons. The lowest BCUT2D eigenvalue weighted by molar-refractivity contribution is -0.155. The van der Waals surface area contributed by atoms with Crippen molar-refractivity contribution in [1.29, 1.82) is 0 Å². The van der Waals surface area contributed by atoms with Gasteiger partial charge in [-0.15, -0.1) is 0 Å². The number of hydrogen-bond acceptors (Lipinski definition) is 4. The minimum atomic E-state index is -0.505. The van der Waals surface area contributed by atoms with Crippen LogP contribution in [0.25, 0.3) is 0 Å². The monoisotopic (exact) mass is 339 g/mol. The number of nitrogens with zero attached hydrogens (tertiary/aromatic N) is 3. The Balaban J connectivity index is 1.56. The first-order chi connectivity index (χ1) is 12.1. The second-order valence-electron chi connectivity index (χ2n) is 6.92. The predicted octanol–water partition coefficient (Wildman–Crippen LogP) is 1.96. The minimum absolute atomic E-state index is 0.0330. The van der Waals surface area contributed by atoms with Gasteiger partial charge >= 0.3 is 0 Å². The topological polar surface area (TPSA) is 66.7 Å². The first-order valence-corrected chi connectivity index (χ1v) is 8.65. The number of amides is 2. The van der Waals surface area contributed by atoms with Crippen LogP contribution in [0, 0.1) is 0 Å². The SMILES string of the molecule is CN1CC(=O)N(Cc2cc(C3CC3)on2)[C@@H](Cc2ccccc2)C1=O. The van der Waals surface area contributed by atoms with Crippen molar-refractivity contribution in [3.63, 3.8) is 0 Å². The summed E-state index contributed by atoms with van der Waals surface area (Å²) >= 11 is 0. The number of rotatable bonds is 5. The lowest BCUT2D eigenvalue weighted by atomic mass is 10.0. The molecule has 2 aliphatic rings. The highest BCUT2D eigenvalue weighted by Crippen LogP contribution is 2.40. The Kier molecular flexibility index (Phi) is 4.03. The van der Waals surface area contributed by atoms with Gasteiger partial charge in [-0.25, -0.2) is 0 Å². The lowest BCUT2D eigenvalue weighted by Crippen LogP contribution is -2.59. The highest BCUT2D eigenvalue weighted by Gasteiger charge is 2.38. The molecule has 0 bridgehead atoms. The van der Waals surface area contributed by atoms with Crippen LogP contribution < -0.4 is 0 Å². The molecule has 1 aromatic carbocycles. The second kappa shape index (κ2) is 6.35. The van der Waals surface area contributed by atoms with E-state index in [9.17, 15) is 9.59 Å². The highest BCUT2D eigenvalue weighted by atomic mass is 16.5. The van der Waals surface area contributed by atoms with E-state index in [2.05, 4.69) is 5.16 Å². The number of hydrogen-bond donors (Lipinski definition) is 0. The first-order valence-electron chi connectivity index (χ1n) is 8.65. The molecule has 2 amide bonds. The molecule has 25 heavy (non-hydrogen) atoms. The number of carbonyl (C=O) groups is 2. The summed E-state index contributed by atoms with van der Waals surface area (Å²) < 4.78 is 5.38. The van der Waals surface area contributed by atoms with Crippen LogP contribution >= 0.6 is 0 Å². The minimum Gasteiger partial charge on any atom is -0.361 e. The molecule has 6 nitrogen and oxygen atoms in total. The number of likely N-dealkylation sites (N-methyl/N-ethyl adjacent to an activating group) is 1. The highest BCUT2D eigenvalue weighted by molar-refractivity contribution is 5.94. The molecule has 4 rings (SSSR count). The van der Waals surface area contributed by atoms with Crippen molar-refractivity contribution in [2.45, 2.75) is 37.8 Å². The van der Waals surface area contributed by atoms with Gasteiger partial charge in [0.1, 0.15) is 17.5 Å². The van der Waals surface area contributed by atoms with Gasteiger partial charge in [0.25, 0.3) is 0 Å². The van der Waals surface area contributed by atoms with Crippen LogP contribution in [0.4, 0.5) is 0 Å². The van der Waals surface area contributed by atoms with Gasteiger partial charge in [-0.1, -0.05) is 35.5 Å². The van der Waals surface area contributed by atoms with E-state index >= 15 is 0 Å². The van der Waals surface area contributed by atoms with E-state index in [0.29, 0.717) is 24.6 Å². The summed E-state index contributed by atoms with van der Waals surface area (Å²) in [5, 5.41) is 4.10. The molecule has 0 unspecified atom stereocenters. The third kappa shape index (κ3) is 3.29. The Bertz CT molecular complexity index is 782. The molecule has 1 saturated carbocycles. The molecule has 1 saturated heterocycles. The standard InChI is InChI=1S/C19H21N3O3/c1-21-12-18(23)22(11-15-10-17(25-20-15)14-7-8-14)16(19(21)24)9-13-5-3-2-4-6-13/h2-6,10,14,16H,7-9,11-12H2,1H3/t16-/m0/s1. The summed E-state index contributed by atoms with van der Waals surface area (Å²) in [6, 6.07) is 11.2. The summed E-state index contributed by atoms with van der Waals surface area (Å²) in [6.45, 7) is 0.420. The third-order valence-electron chi connectivity index (χ3n) is 4.89. The van der Waals surface area contributed by atoms with Crippen molar-refractivity contribution >= 4 is 11.8 Å².